The molecule has 1 atom stereocenters. The van der Waals surface area contributed by atoms with Gasteiger partial charge >= 0.3 is 6.18 Å². The molecule has 3 aromatic rings. The van der Waals surface area contributed by atoms with Crippen LogP contribution in [0.1, 0.15) is 11.3 Å². The van der Waals surface area contributed by atoms with Crippen molar-refractivity contribution in [1.29, 1.82) is 0 Å². The first-order valence-electron chi connectivity index (χ1n) is 7.50. The molecule has 25 heavy (non-hydrogen) atoms. The second kappa shape index (κ2) is 5.45. The highest BCUT2D eigenvalue weighted by molar-refractivity contribution is 7.14. The van der Waals surface area contributed by atoms with Crippen LogP contribution in [0.25, 0.3) is 10.9 Å². The summed E-state index contributed by atoms with van der Waals surface area (Å²) in [5.41, 5.74) is 1.22. The molecule has 0 radical (unpaired) electrons. The van der Waals surface area contributed by atoms with Crippen molar-refractivity contribution in [2.24, 2.45) is 4.99 Å². The van der Waals surface area contributed by atoms with E-state index in [-0.39, 0.29) is 5.69 Å². The van der Waals surface area contributed by atoms with E-state index in [9.17, 15) is 13.2 Å². The molecule has 0 amide bonds. The summed E-state index contributed by atoms with van der Waals surface area (Å²) in [6, 6.07) is 11.8. The van der Waals surface area contributed by atoms with Gasteiger partial charge in [-0.05, 0) is 36.1 Å². The highest BCUT2D eigenvalue weighted by atomic mass is 32.1. The van der Waals surface area contributed by atoms with Crippen molar-refractivity contribution in [3.05, 3.63) is 59.1 Å². The molecule has 8 heteroatoms. The number of aryl methyl sites for hydroxylation is 1. The summed E-state index contributed by atoms with van der Waals surface area (Å²) in [6.45, 7) is 1.83. The Labute approximate surface area is 145 Å². The van der Waals surface area contributed by atoms with Crippen LogP contribution in [0.5, 0.6) is 0 Å². The van der Waals surface area contributed by atoms with Crippen LogP contribution in [0.15, 0.2) is 52.8 Å². The van der Waals surface area contributed by atoms with Crippen molar-refractivity contribution in [3.63, 3.8) is 0 Å². The van der Waals surface area contributed by atoms with Crippen molar-refractivity contribution >= 4 is 33.6 Å². The highest BCUT2D eigenvalue weighted by Crippen LogP contribution is 2.48. The maximum atomic E-state index is 14.2. The van der Waals surface area contributed by atoms with E-state index in [1.54, 1.807) is 29.6 Å². The predicted molar refractivity (Wildman–Crippen MR) is 92.6 cm³/mol. The normalized spacial score (nSPS) is 20.2. The van der Waals surface area contributed by atoms with Crippen LogP contribution in [0.2, 0.25) is 0 Å². The molecule has 0 saturated heterocycles. The lowest BCUT2D eigenvalue weighted by Gasteiger charge is -2.36. The first-order chi connectivity index (χ1) is 11.9. The molecule has 1 aromatic carbocycles. The third-order valence-corrected chi connectivity index (χ3v) is 5.08. The van der Waals surface area contributed by atoms with Gasteiger partial charge in [0.15, 0.2) is 0 Å². The molecular formula is C17H13F3N4S. The van der Waals surface area contributed by atoms with Gasteiger partial charge in [-0.1, -0.05) is 24.3 Å². The zero-order chi connectivity index (χ0) is 17.7. The van der Waals surface area contributed by atoms with Crippen molar-refractivity contribution in [2.45, 2.75) is 18.8 Å². The van der Waals surface area contributed by atoms with Gasteiger partial charge in [-0.2, -0.15) is 13.2 Å². The van der Waals surface area contributed by atoms with Gasteiger partial charge in [-0.25, -0.2) is 15.0 Å². The van der Waals surface area contributed by atoms with Gasteiger partial charge in [0.25, 0.3) is 5.66 Å². The van der Waals surface area contributed by atoms with Crippen molar-refractivity contribution in [1.82, 2.24) is 10.4 Å². The minimum absolute atomic E-state index is 0.175. The van der Waals surface area contributed by atoms with E-state index in [0.29, 0.717) is 10.5 Å². The molecule has 128 valence electrons. The first-order valence-corrected chi connectivity index (χ1v) is 8.38. The molecule has 1 aliphatic heterocycles. The summed E-state index contributed by atoms with van der Waals surface area (Å²) in [5.74, 6) is 0. The number of nitrogens with zero attached hydrogens (tertiary/aromatic N) is 3. The summed E-state index contributed by atoms with van der Waals surface area (Å²) in [7, 11) is 0. The van der Waals surface area contributed by atoms with Gasteiger partial charge in [-0.15, -0.1) is 11.3 Å². The van der Waals surface area contributed by atoms with Gasteiger partial charge in [0, 0.05) is 5.39 Å². The predicted octanol–water partition coefficient (Wildman–Crippen LogP) is 4.37. The summed E-state index contributed by atoms with van der Waals surface area (Å²) in [5, 5.41) is 4.02. The van der Waals surface area contributed by atoms with Crippen molar-refractivity contribution in [2.75, 3.05) is 5.01 Å². The van der Waals surface area contributed by atoms with E-state index in [2.05, 4.69) is 15.4 Å². The molecule has 0 saturated carbocycles. The van der Waals surface area contributed by atoms with Crippen LogP contribution < -0.4 is 10.4 Å². The smallest absolute Gasteiger partial charge is 0.284 e. The average Bonchev–Trinajstić information content (AvgIpc) is 3.20. The van der Waals surface area contributed by atoms with Crippen LogP contribution in [0, 0.1) is 6.92 Å². The van der Waals surface area contributed by atoms with E-state index in [1.807, 2.05) is 19.1 Å². The summed E-state index contributed by atoms with van der Waals surface area (Å²) >= 11 is 1.22. The Kier molecular flexibility index (Phi) is 3.47. The van der Waals surface area contributed by atoms with Gasteiger partial charge in [-0.3, -0.25) is 5.43 Å². The molecule has 0 bridgehead atoms. The maximum Gasteiger partial charge on any atom is 0.440 e. The molecule has 4 rings (SSSR count). The lowest BCUT2D eigenvalue weighted by Crippen LogP contribution is -2.56. The Morgan fingerprint density at radius 2 is 1.96 bits per heavy atom. The average molecular weight is 362 g/mol. The summed E-state index contributed by atoms with van der Waals surface area (Å²) in [6.07, 6.45) is -3.60. The molecule has 4 nitrogen and oxygen atoms in total. The van der Waals surface area contributed by atoms with E-state index >= 15 is 0 Å². The van der Waals surface area contributed by atoms with Gasteiger partial charge in [0.05, 0.1) is 5.52 Å². The largest absolute Gasteiger partial charge is 0.440 e. The van der Waals surface area contributed by atoms with Crippen LogP contribution in [-0.2, 0) is 5.66 Å². The minimum Gasteiger partial charge on any atom is -0.284 e. The van der Waals surface area contributed by atoms with E-state index in [4.69, 9.17) is 0 Å². The Hall–Kier alpha value is -2.61. The third-order valence-electron chi connectivity index (χ3n) is 4.05. The van der Waals surface area contributed by atoms with Gasteiger partial charge < -0.3 is 0 Å². The van der Waals surface area contributed by atoms with E-state index < -0.39 is 11.8 Å². The summed E-state index contributed by atoms with van der Waals surface area (Å²) in [4.78, 5) is 8.06. The number of nitrogens with one attached hydrogen (secondary N) is 1. The number of aromatic nitrogens is 1. The number of hydrogen-bond acceptors (Lipinski definition) is 5. The molecule has 2 aromatic heterocycles. The number of halogens is 3. The molecule has 1 unspecified atom stereocenters. The number of hydrazine groups is 1. The lowest BCUT2D eigenvalue weighted by molar-refractivity contribution is -0.188. The number of rotatable bonds is 2. The monoisotopic (exact) mass is 362 g/mol. The van der Waals surface area contributed by atoms with Crippen LogP contribution in [0.3, 0.4) is 0 Å². The van der Waals surface area contributed by atoms with Crippen molar-refractivity contribution in [3.8, 4) is 0 Å². The highest BCUT2D eigenvalue weighted by Gasteiger charge is 2.64. The standard InChI is InChI=1S/C17H13F3N4S/c1-11-8-15(25-9-11)24-16(17(18,19)20,21-10-22-24)14-7-6-12-4-2-3-5-13(12)23-14/h2-10H,1H3,(H,21,22). The number of anilines is 1. The SMILES string of the molecule is Cc1csc(N2NC=NC2(c2ccc3ccccc3n2)C(F)(F)F)c1. The molecular weight excluding hydrogens is 349 g/mol. The number of pyridine rings is 1. The molecule has 1 aliphatic rings. The Balaban J connectivity index is 1.93. The zero-order valence-electron chi connectivity index (χ0n) is 13.1. The zero-order valence-corrected chi connectivity index (χ0v) is 13.9. The second-order valence-corrected chi connectivity index (χ2v) is 6.63. The first kappa shape index (κ1) is 15.9. The Morgan fingerprint density at radius 3 is 2.68 bits per heavy atom. The number of para-hydroxylation sites is 1. The van der Waals surface area contributed by atoms with Gasteiger partial charge in [0.1, 0.15) is 17.0 Å². The molecule has 0 spiro atoms. The molecule has 0 aliphatic carbocycles. The van der Waals surface area contributed by atoms with Crippen LogP contribution >= 0.6 is 11.3 Å². The Bertz CT molecular complexity index is 966. The molecule has 3 heterocycles. The number of alkyl halides is 3. The fourth-order valence-electron chi connectivity index (χ4n) is 2.87. The van der Waals surface area contributed by atoms with E-state index in [1.165, 1.54) is 17.4 Å². The minimum atomic E-state index is -4.67. The number of fused-ring (bicyclic) bond motifs is 1. The van der Waals surface area contributed by atoms with Crippen LogP contribution in [-0.4, -0.2) is 17.5 Å². The number of benzene rings is 1. The Morgan fingerprint density at radius 1 is 1.16 bits per heavy atom. The lowest BCUT2D eigenvalue weighted by atomic mass is 10.0. The number of hydrogen-bond donors (Lipinski definition) is 1. The number of thiophene rings is 1. The second-order valence-electron chi connectivity index (χ2n) is 5.74. The van der Waals surface area contributed by atoms with Gasteiger partial charge in [0.2, 0.25) is 0 Å². The van der Waals surface area contributed by atoms with Crippen LogP contribution in [0.4, 0.5) is 18.2 Å². The maximum absolute atomic E-state index is 14.2. The fraction of sp³-hybridized carbons (Fsp3) is 0.176. The molecule has 0 fully saturated rings. The quantitative estimate of drug-likeness (QED) is 0.736. The topological polar surface area (TPSA) is 40.5 Å². The molecule has 1 N–H and O–H groups in total. The fourth-order valence-corrected chi connectivity index (χ4v) is 3.79. The van der Waals surface area contributed by atoms with E-state index in [0.717, 1.165) is 22.3 Å². The summed E-state index contributed by atoms with van der Waals surface area (Å²) < 4.78 is 42.6. The number of aliphatic imine (C=N–C) groups is 1. The van der Waals surface area contributed by atoms with Crippen molar-refractivity contribution < 1.29 is 13.2 Å². The third kappa shape index (κ3) is 2.36.